The van der Waals surface area contributed by atoms with Crippen LogP contribution in [0.5, 0.6) is 5.75 Å². The number of carboxylic acid groups (broad SMARTS) is 1. The van der Waals surface area contributed by atoms with E-state index in [1.54, 1.807) is 0 Å². The number of aromatic amines is 1. The minimum atomic E-state index is -0.250. The summed E-state index contributed by atoms with van der Waals surface area (Å²) < 4.78 is 5.54. The SMILES string of the molecule is CCOc1cccc(C(=O)N2CCCN(CCc3c[nH]c4ccccc34)CC2)c1.O=CO. The van der Waals surface area contributed by atoms with Crippen molar-refractivity contribution < 1.29 is 19.4 Å². The van der Waals surface area contributed by atoms with Crippen LogP contribution in [0.4, 0.5) is 0 Å². The molecule has 0 bridgehead atoms. The lowest BCUT2D eigenvalue weighted by Gasteiger charge is -2.22. The zero-order chi connectivity index (χ0) is 22.8. The maximum absolute atomic E-state index is 13.0. The molecule has 1 aliphatic rings. The highest BCUT2D eigenvalue weighted by Gasteiger charge is 2.20. The van der Waals surface area contributed by atoms with Crippen molar-refractivity contribution in [3.8, 4) is 5.75 Å². The van der Waals surface area contributed by atoms with Crippen LogP contribution in [0, 0.1) is 0 Å². The molecule has 1 amide bonds. The Labute approximate surface area is 188 Å². The number of hydrogen-bond donors (Lipinski definition) is 2. The third-order valence-corrected chi connectivity index (χ3v) is 5.64. The smallest absolute Gasteiger partial charge is 0.290 e. The topological polar surface area (TPSA) is 85.9 Å². The zero-order valence-electron chi connectivity index (χ0n) is 18.5. The van der Waals surface area contributed by atoms with Crippen molar-refractivity contribution in [3.63, 3.8) is 0 Å². The highest BCUT2D eigenvalue weighted by atomic mass is 16.5. The molecule has 0 unspecified atom stereocenters. The lowest BCUT2D eigenvalue weighted by Crippen LogP contribution is -2.35. The van der Waals surface area contributed by atoms with Gasteiger partial charge in [0.15, 0.2) is 0 Å². The number of aromatic nitrogens is 1. The molecule has 0 atom stereocenters. The molecule has 0 aliphatic carbocycles. The number of H-pyrrole nitrogens is 1. The van der Waals surface area contributed by atoms with E-state index in [-0.39, 0.29) is 12.4 Å². The van der Waals surface area contributed by atoms with Crippen LogP contribution in [-0.2, 0) is 11.2 Å². The molecule has 1 saturated heterocycles. The summed E-state index contributed by atoms with van der Waals surface area (Å²) in [5.41, 5.74) is 3.28. The van der Waals surface area contributed by atoms with Crippen LogP contribution in [0.2, 0.25) is 0 Å². The molecule has 2 N–H and O–H groups in total. The summed E-state index contributed by atoms with van der Waals surface area (Å²) in [6, 6.07) is 16.0. The molecule has 1 fully saturated rings. The second kappa shape index (κ2) is 11.9. The summed E-state index contributed by atoms with van der Waals surface area (Å²) in [4.78, 5) is 29.1. The van der Waals surface area contributed by atoms with Gasteiger partial charge in [-0.1, -0.05) is 24.3 Å². The first kappa shape index (κ1) is 23.3. The quantitative estimate of drug-likeness (QED) is 0.575. The van der Waals surface area contributed by atoms with Gasteiger partial charge in [-0.05, 0) is 56.1 Å². The maximum atomic E-state index is 13.0. The molecule has 7 nitrogen and oxygen atoms in total. The van der Waals surface area contributed by atoms with Gasteiger partial charge in [0.1, 0.15) is 5.75 Å². The summed E-state index contributed by atoms with van der Waals surface area (Å²) in [6.45, 7) is 6.85. The molecule has 170 valence electrons. The molecule has 0 radical (unpaired) electrons. The van der Waals surface area contributed by atoms with Gasteiger partial charge < -0.3 is 24.6 Å². The van der Waals surface area contributed by atoms with Gasteiger partial charge in [-0.25, -0.2) is 0 Å². The first-order valence-corrected chi connectivity index (χ1v) is 11.0. The van der Waals surface area contributed by atoms with Crippen LogP contribution in [0.1, 0.15) is 29.3 Å². The van der Waals surface area contributed by atoms with Gasteiger partial charge in [0.05, 0.1) is 6.61 Å². The van der Waals surface area contributed by atoms with E-state index in [4.69, 9.17) is 14.6 Å². The van der Waals surface area contributed by atoms with E-state index in [9.17, 15) is 4.79 Å². The lowest BCUT2D eigenvalue weighted by molar-refractivity contribution is -0.122. The van der Waals surface area contributed by atoms with Crippen LogP contribution in [0.15, 0.2) is 54.7 Å². The fourth-order valence-electron chi connectivity index (χ4n) is 4.08. The summed E-state index contributed by atoms with van der Waals surface area (Å²) in [7, 11) is 0. The van der Waals surface area contributed by atoms with E-state index >= 15 is 0 Å². The van der Waals surface area contributed by atoms with Crippen LogP contribution < -0.4 is 4.74 Å². The number of amides is 1. The predicted octanol–water partition coefficient (Wildman–Crippen LogP) is 3.66. The van der Waals surface area contributed by atoms with E-state index < -0.39 is 0 Å². The monoisotopic (exact) mass is 437 g/mol. The van der Waals surface area contributed by atoms with Crippen molar-refractivity contribution >= 4 is 23.3 Å². The van der Waals surface area contributed by atoms with E-state index in [1.807, 2.05) is 36.1 Å². The number of carbonyl (C=O) groups excluding carboxylic acids is 1. The number of carbonyl (C=O) groups is 2. The lowest BCUT2D eigenvalue weighted by atomic mass is 10.1. The molecule has 1 aromatic heterocycles. The van der Waals surface area contributed by atoms with Gasteiger partial charge in [-0.15, -0.1) is 0 Å². The fourth-order valence-corrected chi connectivity index (χ4v) is 4.08. The molecule has 0 saturated carbocycles. The van der Waals surface area contributed by atoms with Crippen molar-refractivity contribution in [2.75, 3.05) is 39.3 Å². The van der Waals surface area contributed by atoms with E-state index in [0.29, 0.717) is 12.2 Å². The average Bonchev–Trinajstić information content (AvgIpc) is 3.07. The van der Waals surface area contributed by atoms with E-state index in [2.05, 4.69) is 40.3 Å². The second-order valence-corrected chi connectivity index (χ2v) is 7.66. The van der Waals surface area contributed by atoms with E-state index in [0.717, 1.165) is 51.3 Å². The number of hydrogen-bond acceptors (Lipinski definition) is 4. The number of fused-ring (bicyclic) bond motifs is 1. The number of benzene rings is 2. The first-order chi connectivity index (χ1) is 15.7. The molecule has 3 aromatic rings. The second-order valence-electron chi connectivity index (χ2n) is 7.66. The number of nitrogens with zero attached hydrogens (tertiary/aromatic N) is 2. The van der Waals surface area contributed by atoms with Crippen LogP contribution >= 0.6 is 0 Å². The minimum Gasteiger partial charge on any atom is -0.494 e. The van der Waals surface area contributed by atoms with Crippen molar-refractivity contribution in [2.24, 2.45) is 0 Å². The van der Waals surface area contributed by atoms with Gasteiger partial charge in [0, 0.05) is 48.8 Å². The molecule has 32 heavy (non-hydrogen) atoms. The summed E-state index contributed by atoms with van der Waals surface area (Å²) in [6.07, 6.45) is 4.16. The Balaban J connectivity index is 0.000000913. The Morgan fingerprint density at radius 1 is 1.12 bits per heavy atom. The maximum Gasteiger partial charge on any atom is 0.290 e. The van der Waals surface area contributed by atoms with Crippen molar-refractivity contribution in [3.05, 3.63) is 65.9 Å². The molecule has 4 rings (SSSR count). The Hall–Kier alpha value is -3.32. The number of ether oxygens (including phenoxy) is 1. The van der Waals surface area contributed by atoms with Crippen molar-refractivity contribution in [2.45, 2.75) is 19.8 Å². The third kappa shape index (κ3) is 6.11. The summed E-state index contributed by atoms with van der Waals surface area (Å²) >= 11 is 0. The molecule has 7 heteroatoms. The number of rotatable bonds is 6. The van der Waals surface area contributed by atoms with Gasteiger partial charge in [-0.3, -0.25) is 9.59 Å². The minimum absolute atomic E-state index is 0.102. The zero-order valence-corrected chi connectivity index (χ0v) is 18.5. The summed E-state index contributed by atoms with van der Waals surface area (Å²) in [5, 5.41) is 8.20. The standard InChI is InChI=1S/C24H29N3O2.CH2O2/c1-2-29-21-8-5-7-19(17-21)24(28)27-13-6-12-26(15-16-27)14-11-20-18-25-23-10-4-3-9-22(20)23;2-1-3/h3-5,7-10,17-18,25H,2,6,11-16H2,1H3;1H,(H,2,3). The van der Waals surface area contributed by atoms with Crippen LogP contribution in [-0.4, -0.2) is 71.6 Å². The highest BCUT2D eigenvalue weighted by Crippen LogP contribution is 2.19. The first-order valence-electron chi connectivity index (χ1n) is 11.0. The Bertz CT molecular complexity index is 1020. The summed E-state index contributed by atoms with van der Waals surface area (Å²) in [5.74, 6) is 0.860. The van der Waals surface area contributed by atoms with Crippen molar-refractivity contribution in [1.29, 1.82) is 0 Å². The van der Waals surface area contributed by atoms with Gasteiger partial charge in [-0.2, -0.15) is 0 Å². The number of para-hydroxylation sites is 1. The van der Waals surface area contributed by atoms with Crippen LogP contribution in [0.25, 0.3) is 10.9 Å². The average molecular weight is 438 g/mol. The van der Waals surface area contributed by atoms with Gasteiger partial charge in [0.25, 0.3) is 12.4 Å². The molecular weight excluding hydrogens is 406 g/mol. The normalized spacial score (nSPS) is 14.3. The Morgan fingerprint density at radius 2 is 1.94 bits per heavy atom. The highest BCUT2D eigenvalue weighted by molar-refractivity contribution is 5.94. The Morgan fingerprint density at radius 3 is 2.75 bits per heavy atom. The van der Waals surface area contributed by atoms with Crippen molar-refractivity contribution in [1.82, 2.24) is 14.8 Å². The molecule has 1 aliphatic heterocycles. The molecule has 2 aromatic carbocycles. The Kier molecular flexibility index (Phi) is 8.69. The van der Waals surface area contributed by atoms with E-state index in [1.165, 1.54) is 16.5 Å². The largest absolute Gasteiger partial charge is 0.494 e. The molecule has 2 heterocycles. The van der Waals surface area contributed by atoms with Crippen LogP contribution in [0.3, 0.4) is 0 Å². The third-order valence-electron chi connectivity index (χ3n) is 5.64. The number of nitrogens with one attached hydrogen (secondary N) is 1. The predicted molar refractivity (Wildman–Crippen MR) is 125 cm³/mol. The van der Waals surface area contributed by atoms with Gasteiger partial charge >= 0.3 is 0 Å². The molecular formula is C25H31N3O4. The fraction of sp³-hybridized carbons (Fsp3) is 0.360. The van der Waals surface area contributed by atoms with Gasteiger partial charge in [0.2, 0.25) is 0 Å². The molecule has 0 spiro atoms.